The van der Waals surface area contributed by atoms with Gasteiger partial charge in [-0.1, -0.05) is 62.1 Å². The molecule has 0 aromatic heterocycles. The van der Waals surface area contributed by atoms with E-state index in [9.17, 15) is 8.78 Å². The highest BCUT2D eigenvalue weighted by Gasteiger charge is 2.28. The van der Waals surface area contributed by atoms with Crippen LogP contribution in [0.4, 0.5) is 8.78 Å². The molecule has 32 heavy (non-hydrogen) atoms. The summed E-state index contributed by atoms with van der Waals surface area (Å²) < 4.78 is 33.9. The number of fused-ring (bicyclic) bond motifs is 1. The number of benzene rings is 2. The molecule has 0 radical (unpaired) electrons. The second-order valence-corrected chi connectivity index (χ2v) is 8.47. The van der Waals surface area contributed by atoms with E-state index in [1.54, 1.807) is 12.1 Å². The summed E-state index contributed by atoms with van der Waals surface area (Å²) >= 11 is 0. The van der Waals surface area contributed by atoms with Gasteiger partial charge in [-0.25, -0.2) is 8.78 Å². The van der Waals surface area contributed by atoms with Crippen molar-refractivity contribution >= 4 is 0 Å². The summed E-state index contributed by atoms with van der Waals surface area (Å²) in [5.41, 5.74) is 4.20. The minimum absolute atomic E-state index is 0.0608. The smallest absolute Gasteiger partial charge is 0.165 e. The lowest BCUT2D eigenvalue weighted by atomic mass is 9.89. The van der Waals surface area contributed by atoms with Crippen molar-refractivity contribution in [3.63, 3.8) is 0 Å². The first-order valence-corrected chi connectivity index (χ1v) is 11.3. The lowest BCUT2D eigenvalue weighted by Gasteiger charge is -2.31. The van der Waals surface area contributed by atoms with Crippen LogP contribution in [0, 0.1) is 17.6 Å². The van der Waals surface area contributed by atoms with Gasteiger partial charge in [-0.05, 0) is 78.5 Å². The Bertz CT molecular complexity index is 985. The fourth-order valence-electron chi connectivity index (χ4n) is 4.10. The van der Waals surface area contributed by atoms with Gasteiger partial charge in [-0.3, -0.25) is 0 Å². The van der Waals surface area contributed by atoms with Gasteiger partial charge in [0.25, 0.3) is 0 Å². The van der Waals surface area contributed by atoms with Gasteiger partial charge in [-0.15, -0.1) is 6.58 Å². The second-order valence-electron chi connectivity index (χ2n) is 8.47. The van der Waals surface area contributed by atoms with Crippen LogP contribution in [0.25, 0.3) is 0 Å². The Morgan fingerprint density at radius 1 is 1.09 bits per heavy atom. The average molecular weight is 435 g/mol. The quantitative estimate of drug-likeness (QED) is 0.275. The molecule has 1 aliphatic rings. The van der Waals surface area contributed by atoms with E-state index in [2.05, 4.69) is 38.3 Å². The Labute approximate surface area is 190 Å². The first kappa shape index (κ1) is 23.7. The molecule has 0 bridgehead atoms. The van der Waals surface area contributed by atoms with Crippen molar-refractivity contribution in [2.24, 2.45) is 5.92 Å². The summed E-state index contributed by atoms with van der Waals surface area (Å²) in [6.45, 7) is 9.71. The van der Waals surface area contributed by atoms with E-state index in [1.165, 1.54) is 12.1 Å². The van der Waals surface area contributed by atoms with Crippen molar-refractivity contribution in [3.05, 3.63) is 114 Å². The van der Waals surface area contributed by atoms with Crippen LogP contribution in [0.1, 0.15) is 42.9 Å². The van der Waals surface area contributed by atoms with E-state index in [0.717, 1.165) is 54.4 Å². The van der Waals surface area contributed by atoms with Gasteiger partial charge in [0.1, 0.15) is 11.9 Å². The van der Waals surface area contributed by atoms with Gasteiger partial charge in [0.2, 0.25) is 0 Å². The highest BCUT2D eigenvalue weighted by atomic mass is 19.1. The van der Waals surface area contributed by atoms with Gasteiger partial charge in [-0.2, -0.15) is 0 Å². The zero-order valence-electron chi connectivity index (χ0n) is 18.8. The molecule has 1 aliphatic heterocycles. The molecule has 0 aliphatic carbocycles. The molecule has 0 N–H and O–H groups in total. The van der Waals surface area contributed by atoms with Gasteiger partial charge in [0, 0.05) is 6.42 Å². The SMILES string of the molecule is C=C/C=C(\C=C/CC1Oc2c(F)cc(CCC=C)cc2CC1C)CCc1ccc(F)cc1. The van der Waals surface area contributed by atoms with Crippen molar-refractivity contribution in [2.45, 2.75) is 51.6 Å². The Balaban J connectivity index is 1.61. The fraction of sp³-hybridized carbons (Fsp3) is 0.310. The third-order valence-electron chi connectivity index (χ3n) is 5.91. The molecule has 2 aromatic rings. The molecule has 2 unspecified atom stereocenters. The van der Waals surface area contributed by atoms with Crippen molar-refractivity contribution in [3.8, 4) is 5.75 Å². The van der Waals surface area contributed by atoms with E-state index in [-0.39, 0.29) is 17.7 Å². The molecule has 0 fully saturated rings. The summed E-state index contributed by atoms with van der Waals surface area (Å²) in [5, 5.41) is 0. The van der Waals surface area contributed by atoms with Crippen molar-refractivity contribution < 1.29 is 13.5 Å². The van der Waals surface area contributed by atoms with Crippen LogP contribution in [-0.4, -0.2) is 6.10 Å². The summed E-state index contributed by atoms with van der Waals surface area (Å²) in [6, 6.07) is 10.3. The summed E-state index contributed by atoms with van der Waals surface area (Å²) in [6.07, 6.45) is 14.6. The third kappa shape index (κ3) is 6.53. The maximum absolute atomic E-state index is 14.7. The number of halogens is 2. The van der Waals surface area contributed by atoms with E-state index >= 15 is 0 Å². The van der Waals surface area contributed by atoms with Gasteiger partial charge >= 0.3 is 0 Å². The van der Waals surface area contributed by atoms with Crippen LogP contribution in [0.15, 0.2) is 85.5 Å². The third-order valence-corrected chi connectivity index (χ3v) is 5.91. The molecular formula is C29H32F2O. The van der Waals surface area contributed by atoms with Gasteiger partial charge in [0.05, 0.1) is 0 Å². The highest BCUT2D eigenvalue weighted by Crippen LogP contribution is 2.35. The zero-order chi connectivity index (χ0) is 22.9. The maximum Gasteiger partial charge on any atom is 0.165 e. The lowest BCUT2D eigenvalue weighted by molar-refractivity contribution is 0.118. The highest BCUT2D eigenvalue weighted by molar-refractivity contribution is 5.41. The van der Waals surface area contributed by atoms with Crippen LogP contribution < -0.4 is 4.74 Å². The predicted molar refractivity (Wildman–Crippen MR) is 129 cm³/mol. The fourth-order valence-corrected chi connectivity index (χ4v) is 4.10. The van der Waals surface area contributed by atoms with E-state index in [1.807, 2.05) is 24.3 Å². The molecule has 3 rings (SSSR count). The lowest BCUT2D eigenvalue weighted by Crippen LogP contribution is -2.31. The molecule has 1 nitrogen and oxygen atoms in total. The molecule has 0 saturated carbocycles. The summed E-state index contributed by atoms with van der Waals surface area (Å²) in [7, 11) is 0. The number of hydrogen-bond acceptors (Lipinski definition) is 1. The van der Waals surface area contributed by atoms with Crippen LogP contribution in [-0.2, 0) is 19.3 Å². The molecule has 3 heteroatoms. The standard InChI is InChI=1S/C29H32F2O/c1-4-6-9-24-19-25-18-21(3)28(32-29(25)27(31)20-24)11-7-10-22(8-5-2)12-13-23-14-16-26(30)17-15-23/h4-5,7-8,10,14-17,19-21,28H,1-2,6,9,11-13,18H2,3H3/b10-7-,22-8+. The largest absolute Gasteiger partial charge is 0.486 e. The number of allylic oxidation sites excluding steroid dienone is 5. The second kappa shape index (κ2) is 11.6. The Kier molecular flexibility index (Phi) is 8.61. The van der Waals surface area contributed by atoms with Gasteiger partial charge in [0.15, 0.2) is 11.6 Å². The van der Waals surface area contributed by atoms with Crippen LogP contribution in [0.5, 0.6) is 5.75 Å². The van der Waals surface area contributed by atoms with Crippen molar-refractivity contribution in [2.75, 3.05) is 0 Å². The zero-order valence-corrected chi connectivity index (χ0v) is 18.8. The topological polar surface area (TPSA) is 9.23 Å². The molecule has 0 spiro atoms. The Morgan fingerprint density at radius 2 is 1.88 bits per heavy atom. The van der Waals surface area contributed by atoms with E-state index in [0.29, 0.717) is 18.1 Å². The number of rotatable bonds is 10. The maximum atomic E-state index is 14.7. The Morgan fingerprint density at radius 3 is 2.59 bits per heavy atom. The number of hydrogen-bond donors (Lipinski definition) is 0. The molecule has 0 saturated heterocycles. The van der Waals surface area contributed by atoms with E-state index in [4.69, 9.17) is 4.74 Å². The average Bonchev–Trinajstić information content (AvgIpc) is 2.77. The molecule has 0 amide bonds. The predicted octanol–water partition coefficient (Wildman–Crippen LogP) is 7.71. The summed E-state index contributed by atoms with van der Waals surface area (Å²) in [4.78, 5) is 0. The molecule has 168 valence electrons. The molecule has 1 heterocycles. The summed E-state index contributed by atoms with van der Waals surface area (Å²) in [5.74, 6) is 0.214. The number of aryl methyl sites for hydroxylation is 2. The van der Waals surface area contributed by atoms with Crippen LogP contribution >= 0.6 is 0 Å². The van der Waals surface area contributed by atoms with Crippen molar-refractivity contribution in [1.29, 1.82) is 0 Å². The number of ether oxygens (including phenoxy) is 1. The minimum atomic E-state index is -0.269. The Hall–Kier alpha value is -2.94. The first-order valence-electron chi connectivity index (χ1n) is 11.3. The normalized spacial score (nSPS) is 18.3. The first-order chi connectivity index (χ1) is 15.5. The molecular weight excluding hydrogens is 402 g/mol. The minimum Gasteiger partial charge on any atom is -0.486 e. The molecule has 2 atom stereocenters. The molecule has 2 aromatic carbocycles. The van der Waals surface area contributed by atoms with Gasteiger partial charge < -0.3 is 4.74 Å². The van der Waals surface area contributed by atoms with Crippen LogP contribution in [0.3, 0.4) is 0 Å². The van der Waals surface area contributed by atoms with E-state index < -0.39 is 0 Å². The monoisotopic (exact) mass is 434 g/mol. The van der Waals surface area contributed by atoms with Crippen molar-refractivity contribution in [1.82, 2.24) is 0 Å². The van der Waals surface area contributed by atoms with Crippen LogP contribution in [0.2, 0.25) is 0 Å².